The number of anilines is 1. The fraction of sp³-hybridized carbons (Fsp3) is 0.182. The van der Waals surface area contributed by atoms with Gasteiger partial charge in [0.2, 0.25) is 0 Å². The van der Waals surface area contributed by atoms with Crippen LogP contribution in [-0.2, 0) is 6.18 Å². The van der Waals surface area contributed by atoms with Gasteiger partial charge in [0, 0.05) is 17.5 Å². The van der Waals surface area contributed by atoms with E-state index in [1.807, 2.05) is 0 Å². The lowest BCUT2D eigenvalue weighted by atomic mass is 10.1. The van der Waals surface area contributed by atoms with E-state index in [1.54, 1.807) is 0 Å². The first-order valence-electron chi connectivity index (χ1n) is 4.99. The molecule has 0 saturated carbocycles. The van der Waals surface area contributed by atoms with Crippen LogP contribution in [0.2, 0.25) is 0 Å². The number of alkyl halides is 3. The maximum Gasteiger partial charge on any atom is 0.418 e. The number of rotatable bonds is 1. The minimum Gasteiger partial charge on any atom is -0.382 e. The molecule has 2 heterocycles. The summed E-state index contributed by atoms with van der Waals surface area (Å²) >= 11 is 0. The Hall–Kier alpha value is -2.18. The van der Waals surface area contributed by atoms with Crippen molar-refractivity contribution in [3.8, 4) is 11.3 Å². The first-order chi connectivity index (χ1) is 8.38. The van der Waals surface area contributed by atoms with Crippen LogP contribution in [0, 0.1) is 6.92 Å². The molecule has 0 amide bonds. The van der Waals surface area contributed by atoms with Crippen molar-refractivity contribution in [3.63, 3.8) is 0 Å². The number of aryl methyl sites for hydroxylation is 1. The summed E-state index contributed by atoms with van der Waals surface area (Å²) in [6, 6.07) is 0.992. The molecule has 0 radical (unpaired) electrons. The van der Waals surface area contributed by atoms with Gasteiger partial charge < -0.3 is 5.73 Å². The number of nitrogen functional groups attached to an aromatic ring is 1. The van der Waals surface area contributed by atoms with Gasteiger partial charge in [-0.1, -0.05) is 0 Å². The van der Waals surface area contributed by atoms with Crippen LogP contribution in [0.25, 0.3) is 11.3 Å². The predicted molar refractivity (Wildman–Crippen MR) is 59.4 cm³/mol. The van der Waals surface area contributed by atoms with E-state index in [2.05, 4.69) is 15.0 Å². The van der Waals surface area contributed by atoms with Crippen molar-refractivity contribution >= 4 is 5.82 Å². The molecule has 2 aromatic rings. The zero-order valence-electron chi connectivity index (χ0n) is 9.36. The topological polar surface area (TPSA) is 64.7 Å². The minimum atomic E-state index is -4.44. The second kappa shape index (κ2) is 4.25. The monoisotopic (exact) mass is 254 g/mol. The molecule has 0 aliphatic heterocycles. The van der Waals surface area contributed by atoms with Crippen LogP contribution in [0.5, 0.6) is 0 Å². The molecule has 0 unspecified atom stereocenters. The van der Waals surface area contributed by atoms with E-state index in [4.69, 9.17) is 5.73 Å². The van der Waals surface area contributed by atoms with Gasteiger partial charge in [0.15, 0.2) is 0 Å². The van der Waals surface area contributed by atoms with Crippen molar-refractivity contribution in [1.29, 1.82) is 0 Å². The van der Waals surface area contributed by atoms with Crippen LogP contribution in [0.4, 0.5) is 19.0 Å². The molecule has 18 heavy (non-hydrogen) atoms. The summed E-state index contributed by atoms with van der Waals surface area (Å²) < 4.78 is 38.2. The summed E-state index contributed by atoms with van der Waals surface area (Å²) in [5.41, 5.74) is 5.05. The zero-order valence-corrected chi connectivity index (χ0v) is 9.36. The standard InChI is InChI=1S/C11H9F3N4/c1-6-8(11(12,13)14)2-7(3-17-6)9-4-16-5-10(15)18-9/h2-5H,1H3,(H2,15,18). The Labute approximate surface area is 101 Å². The number of halogens is 3. The molecule has 94 valence electrons. The zero-order chi connectivity index (χ0) is 13.3. The van der Waals surface area contributed by atoms with Gasteiger partial charge in [-0.25, -0.2) is 4.98 Å². The minimum absolute atomic E-state index is 0.0805. The first-order valence-corrected chi connectivity index (χ1v) is 4.99. The van der Waals surface area contributed by atoms with Crippen molar-refractivity contribution < 1.29 is 13.2 Å². The SMILES string of the molecule is Cc1ncc(-c2cncc(N)n2)cc1C(F)(F)F. The third-order valence-corrected chi connectivity index (χ3v) is 2.34. The molecule has 2 N–H and O–H groups in total. The Morgan fingerprint density at radius 1 is 1.17 bits per heavy atom. The number of pyridine rings is 1. The average molecular weight is 254 g/mol. The lowest BCUT2D eigenvalue weighted by Crippen LogP contribution is -2.09. The summed E-state index contributed by atoms with van der Waals surface area (Å²) in [5.74, 6) is 0.140. The highest BCUT2D eigenvalue weighted by Gasteiger charge is 2.33. The van der Waals surface area contributed by atoms with E-state index in [-0.39, 0.29) is 22.8 Å². The largest absolute Gasteiger partial charge is 0.418 e. The van der Waals surface area contributed by atoms with Crippen molar-refractivity contribution in [1.82, 2.24) is 15.0 Å². The quantitative estimate of drug-likeness (QED) is 0.848. The normalized spacial score (nSPS) is 11.6. The van der Waals surface area contributed by atoms with Gasteiger partial charge in [0.1, 0.15) is 5.82 Å². The van der Waals surface area contributed by atoms with E-state index >= 15 is 0 Å². The molecule has 2 rings (SSSR count). The molecule has 4 nitrogen and oxygen atoms in total. The Balaban J connectivity index is 2.54. The molecule has 0 spiro atoms. The van der Waals surface area contributed by atoms with Gasteiger partial charge in [0.25, 0.3) is 0 Å². The molecule has 0 saturated heterocycles. The summed E-state index contributed by atoms with van der Waals surface area (Å²) in [4.78, 5) is 11.4. The molecule has 2 aromatic heterocycles. The van der Waals surface area contributed by atoms with Crippen molar-refractivity contribution in [2.24, 2.45) is 0 Å². The van der Waals surface area contributed by atoms with Crippen LogP contribution in [-0.4, -0.2) is 15.0 Å². The van der Waals surface area contributed by atoms with Crippen LogP contribution in [0.1, 0.15) is 11.3 Å². The third-order valence-electron chi connectivity index (χ3n) is 2.34. The number of hydrogen-bond acceptors (Lipinski definition) is 4. The molecule has 0 aromatic carbocycles. The molecule has 0 fully saturated rings. The first kappa shape index (κ1) is 12.3. The molecular formula is C11H9F3N4. The third kappa shape index (κ3) is 2.39. The Kier molecular flexibility index (Phi) is 2.90. The smallest absolute Gasteiger partial charge is 0.382 e. The Morgan fingerprint density at radius 3 is 2.50 bits per heavy atom. The molecular weight excluding hydrogens is 245 g/mol. The number of hydrogen-bond donors (Lipinski definition) is 1. The van der Waals surface area contributed by atoms with Crippen molar-refractivity contribution in [2.45, 2.75) is 13.1 Å². The second-order valence-corrected chi connectivity index (χ2v) is 3.68. The lowest BCUT2D eigenvalue weighted by molar-refractivity contribution is -0.138. The maximum absolute atomic E-state index is 12.7. The predicted octanol–water partition coefficient (Wildman–Crippen LogP) is 2.45. The van der Waals surface area contributed by atoms with E-state index < -0.39 is 11.7 Å². The van der Waals surface area contributed by atoms with Gasteiger partial charge in [-0.3, -0.25) is 9.97 Å². The summed E-state index contributed by atoms with van der Waals surface area (Å²) in [6.45, 7) is 1.30. The van der Waals surface area contributed by atoms with Gasteiger partial charge in [-0.05, 0) is 13.0 Å². The highest BCUT2D eigenvalue weighted by Crippen LogP contribution is 2.33. The second-order valence-electron chi connectivity index (χ2n) is 3.68. The van der Waals surface area contributed by atoms with Crippen molar-refractivity contribution in [3.05, 3.63) is 35.9 Å². The fourth-order valence-electron chi connectivity index (χ4n) is 1.48. The van der Waals surface area contributed by atoms with Crippen LogP contribution >= 0.6 is 0 Å². The molecule has 0 aliphatic rings. The Bertz CT molecular complexity index is 581. The maximum atomic E-state index is 12.7. The van der Waals surface area contributed by atoms with Crippen LogP contribution < -0.4 is 5.73 Å². The summed E-state index contributed by atoms with van der Waals surface area (Å²) in [7, 11) is 0. The molecule has 0 atom stereocenters. The van der Waals surface area contributed by atoms with Gasteiger partial charge in [-0.15, -0.1) is 0 Å². The fourth-order valence-corrected chi connectivity index (χ4v) is 1.48. The number of nitrogens with zero attached hydrogens (tertiary/aromatic N) is 3. The van der Waals surface area contributed by atoms with Gasteiger partial charge >= 0.3 is 6.18 Å². The van der Waals surface area contributed by atoms with Crippen molar-refractivity contribution in [2.75, 3.05) is 5.73 Å². The van der Waals surface area contributed by atoms with E-state index in [0.29, 0.717) is 0 Å². The average Bonchev–Trinajstić information content (AvgIpc) is 2.28. The summed E-state index contributed by atoms with van der Waals surface area (Å²) in [6.07, 6.45) is -0.479. The van der Waals surface area contributed by atoms with E-state index in [0.717, 1.165) is 6.07 Å². The molecule has 0 aliphatic carbocycles. The number of nitrogens with two attached hydrogens (primary N) is 1. The highest BCUT2D eigenvalue weighted by molar-refractivity contribution is 5.59. The van der Waals surface area contributed by atoms with E-state index in [1.165, 1.54) is 25.5 Å². The molecule has 7 heteroatoms. The van der Waals surface area contributed by atoms with Gasteiger partial charge in [-0.2, -0.15) is 13.2 Å². The van der Waals surface area contributed by atoms with E-state index in [9.17, 15) is 13.2 Å². The Morgan fingerprint density at radius 2 is 1.89 bits per heavy atom. The number of aromatic nitrogens is 3. The van der Waals surface area contributed by atoms with Crippen LogP contribution in [0.3, 0.4) is 0 Å². The highest BCUT2D eigenvalue weighted by atomic mass is 19.4. The lowest BCUT2D eigenvalue weighted by Gasteiger charge is -2.10. The molecule has 0 bridgehead atoms. The summed E-state index contributed by atoms with van der Waals surface area (Å²) in [5, 5.41) is 0. The van der Waals surface area contributed by atoms with Gasteiger partial charge in [0.05, 0.1) is 23.7 Å². The van der Waals surface area contributed by atoms with Crippen LogP contribution in [0.15, 0.2) is 24.7 Å².